The Hall–Kier alpha value is -5.08. The van der Waals surface area contributed by atoms with Crippen LogP contribution in [0, 0.1) is 17.8 Å². The predicted octanol–water partition coefficient (Wildman–Crippen LogP) is 11.0. The lowest BCUT2D eigenvalue weighted by Gasteiger charge is -2.27. The Morgan fingerprint density at radius 3 is 1.38 bits per heavy atom. The number of nitrogens with zero attached hydrogens (tertiary/aromatic N) is 6. The van der Waals surface area contributed by atoms with Gasteiger partial charge in [0.1, 0.15) is 16.7 Å². The number of benzene rings is 5. The van der Waals surface area contributed by atoms with Gasteiger partial charge in [-0.05, 0) is 77.4 Å². The van der Waals surface area contributed by atoms with Crippen LogP contribution in [0.2, 0.25) is 0 Å². The molecule has 7 nitrogen and oxygen atoms in total. The molecule has 5 aromatic carbocycles. The summed E-state index contributed by atoms with van der Waals surface area (Å²) in [5, 5.41) is 10.1. The van der Waals surface area contributed by atoms with Crippen molar-refractivity contribution in [2.45, 2.75) is 48.1 Å². The van der Waals surface area contributed by atoms with Crippen LogP contribution in [0.15, 0.2) is 114 Å². The molecule has 50 heavy (non-hydrogen) atoms. The number of aromatic nitrogens is 3. The minimum absolute atomic E-state index is 0.359. The lowest BCUT2D eigenvalue weighted by atomic mass is 9.93. The number of anilines is 5. The number of fused-ring (bicyclic) bond motifs is 1. The first-order chi connectivity index (χ1) is 24.1. The summed E-state index contributed by atoms with van der Waals surface area (Å²) < 4.78 is 4.38. The fourth-order valence-corrected chi connectivity index (χ4v) is 6.72. The molecule has 2 N–H and O–H groups in total. The van der Waals surface area contributed by atoms with E-state index in [1.807, 2.05) is 12.1 Å². The average molecular weight is 682 g/mol. The van der Waals surface area contributed by atoms with Crippen molar-refractivity contribution in [2.24, 2.45) is 22.1 Å². The standard InChI is InChI=1S/C42H47N7S/c1-28(2)25-47(33-13-9-7-10-14-33)35-21-17-31(18-22-35)37-39(43)40(46-50)38(42-41(37)44-49(45-42)27-30(5)6)32-19-23-36(24-20-32)48(26-29(3)4)34-15-11-8-12-16-34/h7-24,28-30H,25-27,43H2,1-6H3. The van der Waals surface area contributed by atoms with Gasteiger partial charge in [-0.2, -0.15) is 19.4 Å². The maximum atomic E-state index is 7.05. The summed E-state index contributed by atoms with van der Waals surface area (Å²) in [5.41, 5.74) is 17.6. The molecule has 0 fully saturated rings. The second kappa shape index (κ2) is 15.2. The molecule has 6 aromatic rings. The molecule has 0 unspecified atom stereocenters. The number of para-hydroxylation sites is 2. The fourth-order valence-electron chi connectivity index (χ4n) is 6.53. The molecule has 0 radical (unpaired) electrons. The summed E-state index contributed by atoms with van der Waals surface area (Å²) in [6.07, 6.45) is 0. The molecular formula is C42H47N7S. The summed E-state index contributed by atoms with van der Waals surface area (Å²) >= 11 is 5.45. The Balaban J connectivity index is 1.47. The van der Waals surface area contributed by atoms with Crippen LogP contribution in [0.25, 0.3) is 33.3 Å². The number of rotatable bonds is 13. The maximum Gasteiger partial charge on any atom is 0.124 e. The van der Waals surface area contributed by atoms with Crippen molar-refractivity contribution in [2.75, 3.05) is 28.6 Å². The Morgan fingerprint density at radius 2 is 0.980 bits per heavy atom. The van der Waals surface area contributed by atoms with Gasteiger partial charge < -0.3 is 15.5 Å². The molecule has 6 rings (SSSR count). The summed E-state index contributed by atoms with van der Waals surface area (Å²) in [7, 11) is 0. The van der Waals surface area contributed by atoms with E-state index in [2.05, 4.69) is 153 Å². The van der Waals surface area contributed by atoms with Gasteiger partial charge in [0.05, 0.1) is 12.2 Å². The highest BCUT2D eigenvalue weighted by Crippen LogP contribution is 2.47. The topological polar surface area (TPSA) is 75.6 Å². The van der Waals surface area contributed by atoms with Crippen molar-refractivity contribution in [1.82, 2.24) is 15.0 Å². The fraction of sp³-hybridized carbons (Fsp3) is 0.286. The zero-order valence-electron chi connectivity index (χ0n) is 29.9. The lowest BCUT2D eigenvalue weighted by molar-refractivity contribution is 0.442. The van der Waals surface area contributed by atoms with E-state index in [4.69, 9.17) is 28.4 Å². The molecule has 256 valence electrons. The molecule has 8 heteroatoms. The molecule has 0 bridgehead atoms. The highest BCUT2D eigenvalue weighted by molar-refractivity contribution is 7.47. The first-order valence-corrected chi connectivity index (χ1v) is 17.9. The lowest BCUT2D eigenvalue weighted by Crippen LogP contribution is -2.22. The van der Waals surface area contributed by atoms with Gasteiger partial charge in [0.25, 0.3) is 0 Å². The smallest absolute Gasteiger partial charge is 0.124 e. The van der Waals surface area contributed by atoms with Crippen LogP contribution in [0.4, 0.5) is 34.1 Å². The first-order valence-electron chi connectivity index (χ1n) is 17.5. The van der Waals surface area contributed by atoms with Gasteiger partial charge in [0, 0.05) is 59.4 Å². The van der Waals surface area contributed by atoms with Gasteiger partial charge in [-0.1, -0.05) is 102 Å². The molecule has 0 saturated carbocycles. The molecule has 0 amide bonds. The molecule has 0 aliphatic heterocycles. The molecule has 1 aromatic heterocycles. The maximum absolute atomic E-state index is 7.05. The number of nitrogens with two attached hydrogens (primary N) is 1. The summed E-state index contributed by atoms with van der Waals surface area (Å²) in [4.78, 5) is 6.49. The van der Waals surface area contributed by atoms with Crippen LogP contribution in [-0.2, 0) is 19.0 Å². The average Bonchev–Trinajstić information content (AvgIpc) is 3.52. The Bertz CT molecular complexity index is 2040. The number of hydrogen-bond donors (Lipinski definition) is 1. The van der Waals surface area contributed by atoms with E-state index in [-0.39, 0.29) is 0 Å². The van der Waals surface area contributed by atoms with Gasteiger partial charge in [0.15, 0.2) is 0 Å². The monoisotopic (exact) mass is 681 g/mol. The molecule has 1 heterocycles. The highest BCUT2D eigenvalue weighted by atomic mass is 32.1. The van der Waals surface area contributed by atoms with E-state index < -0.39 is 0 Å². The van der Waals surface area contributed by atoms with E-state index in [1.165, 1.54) is 0 Å². The minimum atomic E-state index is 0.359. The molecule has 0 aliphatic rings. The minimum Gasteiger partial charge on any atom is -0.396 e. The number of hydrogen-bond acceptors (Lipinski definition) is 7. The second-order valence-electron chi connectivity index (χ2n) is 14.2. The Morgan fingerprint density at radius 1 is 0.580 bits per heavy atom. The largest absolute Gasteiger partial charge is 0.396 e. The van der Waals surface area contributed by atoms with E-state index in [0.29, 0.717) is 35.7 Å². The van der Waals surface area contributed by atoms with Crippen LogP contribution < -0.4 is 15.5 Å². The third kappa shape index (κ3) is 7.41. The number of nitrogen functional groups attached to an aromatic ring is 1. The Labute approximate surface area is 301 Å². The van der Waals surface area contributed by atoms with Crippen molar-refractivity contribution in [3.8, 4) is 22.3 Å². The van der Waals surface area contributed by atoms with Crippen molar-refractivity contribution < 1.29 is 0 Å². The van der Waals surface area contributed by atoms with E-state index in [9.17, 15) is 0 Å². The van der Waals surface area contributed by atoms with Gasteiger partial charge in [-0.25, -0.2) is 0 Å². The molecular weight excluding hydrogens is 635 g/mol. The van der Waals surface area contributed by atoms with Crippen molar-refractivity contribution in [3.63, 3.8) is 0 Å². The third-order valence-corrected chi connectivity index (χ3v) is 8.86. The molecule has 0 aliphatic carbocycles. The summed E-state index contributed by atoms with van der Waals surface area (Å²) in [6.45, 7) is 15.7. The third-order valence-electron chi connectivity index (χ3n) is 8.68. The zero-order valence-corrected chi connectivity index (χ0v) is 30.7. The van der Waals surface area contributed by atoms with E-state index >= 15 is 0 Å². The molecule has 0 atom stereocenters. The van der Waals surface area contributed by atoms with Gasteiger partial charge in [0.2, 0.25) is 0 Å². The summed E-state index contributed by atoms with van der Waals surface area (Å²) in [5.74, 6) is 1.32. The van der Waals surface area contributed by atoms with Crippen LogP contribution in [0.1, 0.15) is 41.5 Å². The van der Waals surface area contributed by atoms with Crippen LogP contribution in [0.3, 0.4) is 0 Å². The van der Waals surface area contributed by atoms with Crippen molar-refractivity contribution in [3.05, 3.63) is 109 Å². The molecule has 0 spiro atoms. The van der Waals surface area contributed by atoms with E-state index in [1.54, 1.807) is 4.80 Å². The van der Waals surface area contributed by atoms with Crippen LogP contribution >= 0.6 is 0 Å². The van der Waals surface area contributed by atoms with Gasteiger partial charge >= 0.3 is 0 Å². The molecule has 0 saturated heterocycles. The zero-order chi connectivity index (χ0) is 35.4. The first kappa shape index (κ1) is 34.8. The predicted molar refractivity (Wildman–Crippen MR) is 214 cm³/mol. The van der Waals surface area contributed by atoms with E-state index in [0.717, 1.165) is 69.1 Å². The van der Waals surface area contributed by atoms with Gasteiger partial charge in [-0.15, -0.1) is 0 Å². The summed E-state index contributed by atoms with van der Waals surface area (Å²) in [6, 6.07) is 38.1. The quantitative estimate of drug-likeness (QED) is 0.122. The second-order valence-corrected chi connectivity index (χ2v) is 14.4. The van der Waals surface area contributed by atoms with Crippen LogP contribution in [-0.4, -0.2) is 28.1 Å². The van der Waals surface area contributed by atoms with Crippen LogP contribution in [0.5, 0.6) is 0 Å². The highest BCUT2D eigenvalue weighted by Gasteiger charge is 2.25. The SMILES string of the molecule is CC(C)CN(c1ccccc1)c1ccc(-c2c(N)c(N=S)c(-c3ccc(N(CC(C)C)c4ccccc4)cc3)c3nn(CC(C)C)nc23)cc1. The van der Waals surface area contributed by atoms with Gasteiger partial charge in [-0.3, -0.25) is 0 Å². The van der Waals surface area contributed by atoms with Crippen molar-refractivity contribution in [1.29, 1.82) is 0 Å². The van der Waals surface area contributed by atoms with Crippen molar-refractivity contribution >= 4 is 57.6 Å². The normalized spacial score (nSPS) is 11.5. The Kier molecular flexibility index (Phi) is 10.6.